The molecule has 2 aromatic rings. The summed E-state index contributed by atoms with van der Waals surface area (Å²) in [5.41, 5.74) is 1.76. The molecule has 0 spiro atoms. The summed E-state index contributed by atoms with van der Waals surface area (Å²) < 4.78 is 7.22. The lowest BCUT2D eigenvalue weighted by atomic mass is 10.2. The van der Waals surface area contributed by atoms with E-state index in [-0.39, 0.29) is 12.1 Å². The molecule has 0 saturated heterocycles. The molecule has 1 aromatic heterocycles. The first-order chi connectivity index (χ1) is 11.0. The van der Waals surface area contributed by atoms with Crippen molar-refractivity contribution < 1.29 is 9.53 Å². The number of amides is 2. The molecule has 1 N–H and O–H groups in total. The van der Waals surface area contributed by atoms with Crippen LogP contribution in [0.3, 0.4) is 0 Å². The van der Waals surface area contributed by atoms with Crippen LogP contribution in [0.4, 0.5) is 10.5 Å². The highest BCUT2D eigenvalue weighted by atomic mass is 16.5. The number of rotatable bonds is 6. The Hall–Kier alpha value is -2.41. The van der Waals surface area contributed by atoms with Crippen LogP contribution in [0.1, 0.15) is 25.2 Å². The van der Waals surface area contributed by atoms with Gasteiger partial charge in [-0.2, -0.15) is 5.10 Å². The van der Waals surface area contributed by atoms with Crippen molar-refractivity contribution in [2.75, 3.05) is 12.4 Å². The minimum absolute atomic E-state index is 0.172. The smallest absolute Gasteiger partial charge is 0.321 e. The molecule has 0 bridgehead atoms. The maximum atomic E-state index is 12.3. The van der Waals surface area contributed by atoms with Gasteiger partial charge in [-0.1, -0.05) is 12.1 Å². The van der Waals surface area contributed by atoms with Gasteiger partial charge in [0.1, 0.15) is 12.2 Å². The lowest BCUT2D eigenvalue weighted by Crippen LogP contribution is -2.31. The molecule has 1 heterocycles. The number of urea groups is 1. The maximum Gasteiger partial charge on any atom is 0.321 e. The van der Waals surface area contributed by atoms with E-state index in [2.05, 4.69) is 15.4 Å². The number of anilines is 1. The third-order valence-corrected chi connectivity index (χ3v) is 3.29. The number of hydrogen-bond donors (Lipinski definition) is 1. The molecule has 1 aromatic carbocycles. The van der Waals surface area contributed by atoms with Crippen molar-refractivity contribution in [2.45, 2.75) is 33.1 Å². The van der Waals surface area contributed by atoms with Crippen molar-refractivity contribution in [1.29, 1.82) is 0 Å². The second kappa shape index (κ2) is 7.73. The summed E-state index contributed by atoms with van der Waals surface area (Å²) in [4.78, 5) is 17.9. The van der Waals surface area contributed by atoms with Crippen LogP contribution >= 0.6 is 0 Å². The lowest BCUT2D eigenvalue weighted by Gasteiger charge is -2.17. The molecular formula is C16H23N5O2. The van der Waals surface area contributed by atoms with Gasteiger partial charge in [0.2, 0.25) is 0 Å². The van der Waals surface area contributed by atoms with Gasteiger partial charge in [0.25, 0.3) is 0 Å². The highest BCUT2D eigenvalue weighted by Crippen LogP contribution is 2.13. The fourth-order valence-electron chi connectivity index (χ4n) is 1.97. The minimum atomic E-state index is -0.199. The second-order valence-electron chi connectivity index (χ2n) is 5.65. The van der Waals surface area contributed by atoms with E-state index in [4.69, 9.17) is 4.74 Å². The monoisotopic (exact) mass is 317 g/mol. The van der Waals surface area contributed by atoms with E-state index in [0.29, 0.717) is 13.2 Å². The first-order valence-electron chi connectivity index (χ1n) is 7.51. The molecule has 0 atom stereocenters. The first-order valence-corrected chi connectivity index (χ1v) is 7.51. The Morgan fingerprint density at radius 2 is 2.22 bits per heavy atom. The Kier molecular flexibility index (Phi) is 5.70. The zero-order valence-electron chi connectivity index (χ0n) is 14.0. The fourth-order valence-corrected chi connectivity index (χ4v) is 1.97. The number of aromatic nitrogens is 3. The Morgan fingerprint density at radius 1 is 1.43 bits per heavy atom. The van der Waals surface area contributed by atoms with Crippen LogP contribution in [0.15, 0.2) is 30.6 Å². The molecule has 2 amide bonds. The molecule has 0 aliphatic heterocycles. The highest BCUT2D eigenvalue weighted by Gasteiger charge is 2.12. The Balaban J connectivity index is 1.94. The van der Waals surface area contributed by atoms with Gasteiger partial charge >= 0.3 is 6.03 Å². The van der Waals surface area contributed by atoms with E-state index in [9.17, 15) is 4.79 Å². The van der Waals surface area contributed by atoms with Gasteiger partial charge in [-0.3, -0.25) is 4.68 Å². The molecule has 0 aliphatic rings. The zero-order valence-corrected chi connectivity index (χ0v) is 14.0. The van der Waals surface area contributed by atoms with E-state index in [1.165, 1.54) is 6.33 Å². The number of carbonyl (C=O) groups is 1. The van der Waals surface area contributed by atoms with Gasteiger partial charge in [-0.15, -0.1) is 0 Å². The van der Waals surface area contributed by atoms with E-state index in [0.717, 1.165) is 17.1 Å². The normalized spacial score (nSPS) is 10.8. The van der Waals surface area contributed by atoms with Gasteiger partial charge in [-0.05, 0) is 31.5 Å². The summed E-state index contributed by atoms with van der Waals surface area (Å²) in [5.74, 6) is 0.724. The van der Waals surface area contributed by atoms with Crippen LogP contribution < -0.4 is 5.32 Å². The van der Waals surface area contributed by atoms with Crippen LogP contribution in [0.5, 0.6) is 0 Å². The summed E-state index contributed by atoms with van der Waals surface area (Å²) >= 11 is 0. The molecule has 0 saturated carbocycles. The number of benzene rings is 1. The number of carbonyl (C=O) groups excluding carboxylic acids is 1. The molecule has 2 rings (SSSR count). The predicted octanol–water partition coefficient (Wildman–Crippen LogP) is 2.40. The van der Waals surface area contributed by atoms with Gasteiger partial charge in [0.05, 0.1) is 19.3 Å². The molecule has 7 heteroatoms. The number of nitrogens with one attached hydrogen (secondary N) is 1. The predicted molar refractivity (Wildman–Crippen MR) is 87.9 cm³/mol. The molecule has 0 radical (unpaired) electrons. The third kappa shape index (κ3) is 5.07. The van der Waals surface area contributed by atoms with E-state index >= 15 is 0 Å². The second-order valence-corrected chi connectivity index (χ2v) is 5.65. The Bertz CT molecular complexity index is 653. The van der Waals surface area contributed by atoms with E-state index in [1.54, 1.807) is 23.7 Å². The molecule has 23 heavy (non-hydrogen) atoms. The van der Waals surface area contributed by atoms with Crippen molar-refractivity contribution in [1.82, 2.24) is 19.7 Å². The Labute approximate surface area is 136 Å². The lowest BCUT2D eigenvalue weighted by molar-refractivity contribution is 0.0657. The maximum absolute atomic E-state index is 12.3. The standard InChI is InChI=1S/C16H23N5O2/c1-12(2)23-10-13-6-5-7-14(8-13)19-16(22)20(3)9-15-17-11-18-21(15)4/h5-8,11-12H,9-10H2,1-4H3,(H,19,22). The third-order valence-electron chi connectivity index (χ3n) is 3.29. The van der Waals surface area contributed by atoms with Gasteiger partial charge in [0, 0.05) is 19.8 Å². The molecule has 0 unspecified atom stereocenters. The topological polar surface area (TPSA) is 72.3 Å². The van der Waals surface area contributed by atoms with Gasteiger partial charge in [-0.25, -0.2) is 9.78 Å². The molecule has 0 aliphatic carbocycles. The fraction of sp³-hybridized carbons (Fsp3) is 0.438. The number of aryl methyl sites for hydroxylation is 1. The largest absolute Gasteiger partial charge is 0.374 e. The average Bonchev–Trinajstić information content (AvgIpc) is 2.90. The van der Waals surface area contributed by atoms with Crippen molar-refractivity contribution in [3.8, 4) is 0 Å². The molecule has 7 nitrogen and oxygen atoms in total. The molecule has 124 valence electrons. The highest BCUT2D eigenvalue weighted by molar-refractivity contribution is 5.89. The first kappa shape index (κ1) is 17.0. The molecular weight excluding hydrogens is 294 g/mol. The number of ether oxygens (including phenoxy) is 1. The van der Waals surface area contributed by atoms with Crippen LogP contribution in [0.25, 0.3) is 0 Å². The summed E-state index contributed by atoms with van der Waals surface area (Å²) in [7, 11) is 3.52. The Morgan fingerprint density at radius 3 is 2.87 bits per heavy atom. The summed E-state index contributed by atoms with van der Waals surface area (Å²) in [5, 5.41) is 6.87. The van der Waals surface area contributed by atoms with Crippen LogP contribution in [0, 0.1) is 0 Å². The van der Waals surface area contributed by atoms with Crippen molar-refractivity contribution >= 4 is 11.7 Å². The van der Waals surface area contributed by atoms with Gasteiger partial charge in [0.15, 0.2) is 0 Å². The molecule has 0 fully saturated rings. The van der Waals surface area contributed by atoms with Crippen LogP contribution in [-0.4, -0.2) is 38.8 Å². The minimum Gasteiger partial charge on any atom is -0.374 e. The number of nitrogens with zero attached hydrogens (tertiary/aromatic N) is 4. The number of hydrogen-bond acceptors (Lipinski definition) is 4. The van der Waals surface area contributed by atoms with Crippen molar-refractivity contribution in [3.63, 3.8) is 0 Å². The SMILES string of the molecule is CC(C)OCc1cccc(NC(=O)N(C)Cc2ncnn2C)c1. The summed E-state index contributed by atoms with van der Waals surface area (Å²) in [6.07, 6.45) is 1.64. The zero-order chi connectivity index (χ0) is 16.8. The van der Waals surface area contributed by atoms with Crippen molar-refractivity contribution in [2.24, 2.45) is 7.05 Å². The van der Waals surface area contributed by atoms with Crippen molar-refractivity contribution in [3.05, 3.63) is 42.0 Å². The van der Waals surface area contributed by atoms with E-state index < -0.39 is 0 Å². The summed E-state index contributed by atoms with van der Waals surface area (Å²) in [6.45, 7) is 4.90. The van der Waals surface area contributed by atoms with Gasteiger partial charge < -0.3 is 15.0 Å². The van der Waals surface area contributed by atoms with Crippen LogP contribution in [-0.2, 0) is 24.9 Å². The van der Waals surface area contributed by atoms with E-state index in [1.807, 2.05) is 38.1 Å². The summed E-state index contributed by atoms with van der Waals surface area (Å²) in [6, 6.07) is 7.44. The van der Waals surface area contributed by atoms with Crippen LogP contribution in [0.2, 0.25) is 0 Å². The quantitative estimate of drug-likeness (QED) is 0.888. The average molecular weight is 317 g/mol.